The quantitative estimate of drug-likeness (QED) is 0.510. The molecule has 0 aliphatic carbocycles. The molecule has 0 fully saturated rings. The first-order valence-corrected chi connectivity index (χ1v) is 11.6. The Kier molecular flexibility index (Phi) is 7.50. The SMILES string of the molecule is CN(C)Cc1ccc(CNC(=O)c2ccc(Cl)c(NS(=O)(=O)c3ccc(F)cc3)c2)cc1. The van der Waals surface area contributed by atoms with E-state index in [0.29, 0.717) is 6.54 Å². The van der Waals surface area contributed by atoms with Crippen molar-refractivity contribution in [3.8, 4) is 0 Å². The Labute approximate surface area is 192 Å². The van der Waals surface area contributed by atoms with Gasteiger partial charge < -0.3 is 10.2 Å². The predicted octanol–water partition coefficient (Wildman–Crippen LogP) is 4.27. The van der Waals surface area contributed by atoms with Crippen LogP contribution in [-0.4, -0.2) is 33.3 Å². The second-order valence-electron chi connectivity index (χ2n) is 7.49. The molecule has 9 heteroatoms. The van der Waals surface area contributed by atoms with Gasteiger partial charge in [0.15, 0.2) is 0 Å². The van der Waals surface area contributed by atoms with Crippen molar-refractivity contribution in [2.24, 2.45) is 0 Å². The topological polar surface area (TPSA) is 78.5 Å². The lowest BCUT2D eigenvalue weighted by Crippen LogP contribution is -2.23. The normalized spacial score (nSPS) is 11.4. The van der Waals surface area contributed by atoms with Gasteiger partial charge in [-0.15, -0.1) is 0 Å². The average molecular weight is 476 g/mol. The molecule has 0 heterocycles. The van der Waals surface area contributed by atoms with E-state index >= 15 is 0 Å². The summed E-state index contributed by atoms with van der Waals surface area (Å²) in [6.07, 6.45) is 0. The fraction of sp³-hybridized carbons (Fsp3) is 0.174. The number of nitrogens with one attached hydrogen (secondary N) is 2. The Bertz CT molecular complexity index is 1200. The molecule has 0 bridgehead atoms. The first kappa shape index (κ1) is 23.7. The highest BCUT2D eigenvalue weighted by molar-refractivity contribution is 7.92. The van der Waals surface area contributed by atoms with E-state index in [2.05, 4.69) is 14.9 Å². The molecule has 0 saturated carbocycles. The average Bonchev–Trinajstić information content (AvgIpc) is 2.74. The smallest absolute Gasteiger partial charge is 0.261 e. The van der Waals surface area contributed by atoms with Crippen LogP contribution in [0.1, 0.15) is 21.5 Å². The third-order valence-corrected chi connectivity index (χ3v) is 6.28. The number of rotatable bonds is 8. The summed E-state index contributed by atoms with van der Waals surface area (Å²) in [7, 11) is -0.0108. The van der Waals surface area contributed by atoms with E-state index in [9.17, 15) is 17.6 Å². The first-order valence-electron chi connectivity index (χ1n) is 9.73. The van der Waals surface area contributed by atoms with Crippen molar-refractivity contribution in [1.29, 1.82) is 0 Å². The van der Waals surface area contributed by atoms with Gasteiger partial charge in [0.25, 0.3) is 15.9 Å². The molecule has 3 aromatic carbocycles. The molecule has 0 saturated heterocycles. The number of hydrogen-bond acceptors (Lipinski definition) is 4. The number of carbonyl (C=O) groups excluding carboxylic acids is 1. The van der Waals surface area contributed by atoms with E-state index in [1.54, 1.807) is 0 Å². The number of halogens is 2. The van der Waals surface area contributed by atoms with Crippen LogP contribution in [0.25, 0.3) is 0 Å². The lowest BCUT2D eigenvalue weighted by atomic mass is 10.1. The van der Waals surface area contributed by atoms with Gasteiger partial charge in [0.1, 0.15) is 5.82 Å². The summed E-state index contributed by atoms with van der Waals surface area (Å²) in [6, 6.07) is 16.6. The molecule has 6 nitrogen and oxygen atoms in total. The number of sulfonamides is 1. The van der Waals surface area contributed by atoms with Gasteiger partial charge in [0.05, 0.1) is 15.6 Å². The van der Waals surface area contributed by atoms with Gasteiger partial charge in [-0.1, -0.05) is 35.9 Å². The fourth-order valence-electron chi connectivity index (χ4n) is 2.97. The van der Waals surface area contributed by atoms with Crippen LogP contribution in [0.2, 0.25) is 5.02 Å². The first-order chi connectivity index (χ1) is 15.1. The number of anilines is 1. The van der Waals surface area contributed by atoms with Crippen molar-refractivity contribution in [2.75, 3.05) is 18.8 Å². The second-order valence-corrected chi connectivity index (χ2v) is 9.58. The Morgan fingerprint density at radius 2 is 1.59 bits per heavy atom. The number of amides is 1. The van der Waals surface area contributed by atoms with Gasteiger partial charge in [-0.25, -0.2) is 12.8 Å². The van der Waals surface area contributed by atoms with Crippen LogP contribution in [0.4, 0.5) is 10.1 Å². The lowest BCUT2D eigenvalue weighted by Gasteiger charge is -2.12. The standard InChI is InChI=1S/C23H23ClFN3O3S/c1-28(2)15-17-5-3-16(4-6-17)14-26-23(29)18-7-12-21(24)22(13-18)27-32(30,31)20-10-8-19(25)9-11-20/h3-13,27H,14-15H2,1-2H3,(H,26,29). The van der Waals surface area contributed by atoms with E-state index in [-0.39, 0.29) is 27.1 Å². The van der Waals surface area contributed by atoms with Gasteiger partial charge >= 0.3 is 0 Å². The predicted molar refractivity (Wildman–Crippen MR) is 124 cm³/mol. The second kappa shape index (κ2) is 10.1. The largest absolute Gasteiger partial charge is 0.348 e. The number of carbonyl (C=O) groups is 1. The van der Waals surface area contributed by atoms with Gasteiger partial charge in [0.2, 0.25) is 0 Å². The molecule has 168 valence electrons. The van der Waals surface area contributed by atoms with E-state index < -0.39 is 15.8 Å². The zero-order chi connectivity index (χ0) is 23.3. The van der Waals surface area contributed by atoms with Crippen molar-refractivity contribution in [3.63, 3.8) is 0 Å². The van der Waals surface area contributed by atoms with Crippen LogP contribution >= 0.6 is 11.6 Å². The molecule has 0 radical (unpaired) electrons. The fourth-order valence-corrected chi connectivity index (χ4v) is 4.27. The van der Waals surface area contributed by atoms with Crippen LogP contribution in [0.3, 0.4) is 0 Å². The highest BCUT2D eigenvalue weighted by atomic mass is 35.5. The molecular weight excluding hydrogens is 453 g/mol. The third-order valence-electron chi connectivity index (χ3n) is 4.57. The molecule has 0 unspecified atom stereocenters. The van der Waals surface area contributed by atoms with E-state index in [1.807, 2.05) is 38.4 Å². The molecule has 32 heavy (non-hydrogen) atoms. The van der Waals surface area contributed by atoms with Gasteiger partial charge in [-0.2, -0.15) is 0 Å². The highest BCUT2D eigenvalue weighted by Crippen LogP contribution is 2.26. The van der Waals surface area contributed by atoms with Crippen molar-refractivity contribution in [2.45, 2.75) is 18.0 Å². The summed E-state index contributed by atoms with van der Waals surface area (Å²) in [4.78, 5) is 14.5. The summed E-state index contributed by atoms with van der Waals surface area (Å²) in [5, 5.41) is 2.94. The van der Waals surface area contributed by atoms with Crippen molar-refractivity contribution < 1.29 is 17.6 Å². The van der Waals surface area contributed by atoms with Crippen molar-refractivity contribution >= 4 is 33.2 Å². The monoisotopic (exact) mass is 475 g/mol. The molecule has 0 aliphatic rings. The molecule has 1 amide bonds. The summed E-state index contributed by atoms with van der Waals surface area (Å²) >= 11 is 6.12. The van der Waals surface area contributed by atoms with Crippen LogP contribution < -0.4 is 10.0 Å². The minimum Gasteiger partial charge on any atom is -0.348 e. The summed E-state index contributed by atoms with van der Waals surface area (Å²) < 4.78 is 40.5. The maximum absolute atomic E-state index is 13.1. The van der Waals surface area contributed by atoms with Crippen LogP contribution in [0, 0.1) is 5.82 Å². The van der Waals surface area contributed by atoms with Crippen molar-refractivity contribution in [1.82, 2.24) is 10.2 Å². The molecule has 0 aliphatic heterocycles. The van der Waals surface area contributed by atoms with Gasteiger partial charge in [-0.05, 0) is 67.7 Å². The number of hydrogen-bond donors (Lipinski definition) is 2. The van der Waals surface area contributed by atoms with Gasteiger partial charge in [-0.3, -0.25) is 9.52 Å². The van der Waals surface area contributed by atoms with Crippen LogP contribution in [0.5, 0.6) is 0 Å². The van der Waals surface area contributed by atoms with Gasteiger partial charge in [0, 0.05) is 18.7 Å². The van der Waals surface area contributed by atoms with Crippen LogP contribution in [-0.2, 0) is 23.1 Å². The minimum absolute atomic E-state index is 0.0525. The molecular formula is C23H23ClFN3O3S. The zero-order valence-electron chi connectivity index (χ0n) is 17.6. The van der Waals surface area contributed by atoms with E-state index in [1.165, 1.54) is 23.8 Å². The minimum atomic E-state index is -4.00. The Morgan fingerprint density at radius 1 is 0.969 bits per heavy atom. The summed E-state index contributed by atoms with van der Waals surface area (Å²) in [5.41, 5.74) is 2.40. The van der Waals surface area contributed by atoms with Crippen molar-refractivity contribution in [3.05, 3.63) is 94.3 Å². The number of benzene rings is 3. The van der Waals surface area contributed by atoms with E-state index in [0.717, 1.165) is 36.4 Å². The van der Waals surface area contributed by atoms with Crippen LogP contribution in [0.15, 0.2) is 71.6 Å². The molecule has 2 N–H and O–H groups in total. The number of nitrogens with zero attached hydrogens (tertiary/aromatic N) is 1. The molecule has 3 rings (SSSR count). The Balaban J connectivity index is 1.69. The Morgan fingerprint density at radius 3 is 2.22 bits per heavy atom. The van der Waals surface area contributed by atoms with E-state index in [4.69, 9.17) is 11.6 Å². The lowest BCUT2D eigenvalue weighted by molar-refractivity contribution is 0.0951. The molecule has 3 aromatic rings. The summed E-state index contributed by atoms with van der Waals surface area (Å²) in [5.74, 6) is -0.922. The molecule has 0 atom stereocenters. The highest BCUT2D eigenvalue weighted by Gasteiger charge is 2.17. The Hall–Kier alpha value is -2.94. The zero-order valence-corrected chi connectivity index (χ0v) is 19.2. The summed E-state index contributed by atoms with van der Waals surface area (Å²) in [6.45, 7) is 1.15. The third kappa shape index (κ3) is 6.29. The maximum atomic E-state index is 13.1. The molecule has 0 aromatic heterocycles. The molecule has 0 spiro atoms. The maximum Gasteiger partial charge on any atom is 0.261 e.